The quantitative estimate of drug-likeness (QED) is 0.290. The number of amides is 2. The van der Waals surface area contributed by atoms with Crippen LogP contribution in [0.25, 0.3) is 0 Å². The first-order chi connectivity index (χ1) is 22.1. The van der Waals surface area contributed by atoms with Gasteiger partial charge in [-0.3, -0.25) is 19.6 Å². The number of piperidine rings is 2. The topological polar surface area (TPSA) is 84.4 Å². The minimum Gasteiger partial charge on any atom is -0.496 e. The lowest BCUT2D eigenvalue weighted by molar-refractivity contribution is -0.138. The molecule has 2 fully saturated rings. The van der Waals surface area contributed by atoms with Gasteiger partial charge in [-0.05, 0) is 49.4 Å². The Kier molecular flexibility index (Phi) is 9.03. The lowest BCUT2D eigenvalue weighted by Crippen LogP contribution is -2.50. The molecule has 0 aliphatic carbocycles. The number of carbonyl (C=O) groups excluding carboxylic acids is 2. The lowest BCUT2D eigenvalue weighted by Gasteiger charge is -2.40. The van der Waals surface area contributed by atoms with Gasteiger partial charge in [-0.25, -0.2) is 9.18 Å². The zero-order valence-electron chi connectivity index (χ0n) is 25.3. The molecular weight excluding hydrogens is 608 g/mol. The maximum Gasteiger partial charge on any atom is 0.416 e. The summed E-state index contributed by atoms with van der Waals surface area (Å²) < 4.78 is 72.3. The number of para-hydroxylation sites is 1. The average molecular weight is 643 g/mol. The maximum absolute atomic E-state index is 15.3. The van der Waals surface area contributed by atoms with Crippen molar-refractivity contribution in [3.63, 3.8) is 0 Å². The summed E-state index contributed by atoms with van der Waals surface area (Å²) in [5.41, 5.74) is 1.22. The number of cyclic esters (lactones) is 1. The van der Waals surface area contributed by atoms with E-state index < -0.39 is 23.7 Å². The average Bonchev–Trinajstić information content (AvgIpc) is 3.06. The van der Waals surface area contributed by atoms with Crippen LogP contribution in [-0.2, 0) is 24.1 Å². The molecule has 2 aromatic carbocycles. The number of anilines is 1. The molecule has 6 rings (SSSR count). The molecule has 1 aromatic heterocycles. The fraction of sp³-hybridized carbons (Fsp3) is 0.424. The zero-order valence-corrected chi connectivity index (χ0v) is 25.3. The van der Waals surface area contributed by atoms with Gasteiger partial charge in [0.05, 0.1) is 23.9 Å². The molecule has 46 heavy (non-hydrogen) atoms. The molecule has 3 aliphatic rings. The fourth-order valence-electron chi connectivity index (χ4n) is 6.42. The van der Waals surface area contributed by atoms with Crippen LogP contribution in [0.1, 0.15) is 52.7 Å². The van der Waals surface area contributed by atoms with Crippen molar-refractivity contribution < 1.29 is 41.4 Å². The molecule has 244 valence electrons. The minimum atomic E-state index is -4.46. The van der Waals surface area contributed by atoms with Crippen LogP contribution in [-0.4, -0.2) is 72.2 Å². The van der Waals surface area contributed by atoms with Gasteiger partial charge in [-0.2, -0.15) is 13.2 Å². The molecule has 2 amide bonds. The first-order valence-electron chi connectivity index (χ1n) is 15.2. The summed E-state index contributed by atoms with van der Waals surface area (Å²) in [6, 6.07) is 10.9. The number of likely N-dealkylation sites (tertiary alicyclic amines) is 2. The van der Waals surface area contributed by atoms with Gasteiger partial charge < -0.3 is 19.1 Å². The van der Waals surface area contributed by atoms with E-state index in [1.54, 1.807) is 9.80 Å². The highest BCUT2D eigenvalue weighted by Crippen LogP contribution is 2.35. The van der Waals surface area contributed by atoms with Crippen LogP contribution in [0.2, 0.25) is 0 Å². The minimum absolute atomic E-state index is 0.0561. The number of hydrogen-bond donors (Lipinski definition) is 0. The van der Waals surface area contributed by atoms with E-state index in [1.807, 2.05) is 29.2 Å². The van der Waals surface area contributed by atoms with Crippen molar-refractivity contribution in [1.82, 2.24) is 14.8 Å². The number of rotatable bonds is 7. The first kappa shape index (κ1) is 31.6. The summed E-state index contributed by atoms with van der Waals surface area (Å²) in [6.45, 7) is 1.97. The maximum atomic E-state index is 15.3. The van der Waals surface area contributed by atoms with E-state index in [4.69, 9.17) is 14.2 Å². The molecule has 3 aliphatic heterocycles. The third-order valence-electron chi connectivity index (χ3n) is 8.83. The van der Waals surface area contributed by atoms with Gasteiger partial charge in [-0.1, -0.05) is 18.2 Å². The Morgan fingerprint density at radius 2 is 1.76 bits per heavy atom. The molecule has 0 bridgehead atoms. The number of methoxy groups -OCH3 is 1. The number of ether oxygens (including phenoxy) is 3. The van der Waals surface area contributed by atoms with Crippen LogP contribution in [0.5, 0.6) is 11.5 Å². The van der Waals surface area contributed by atoms with Crippen molar-refractivity contribution in [1.29, 1.82) is 0 Å². The van der Waals surface area contributed by atoms with Gasteiger partial charge in [0.15, 0.2) is 11.6 Å². The van der Waals surface area contributed by atoms with E-state index in [0.717, 1.165) is 29.6 Å². The van der Waals surface area contributed by atoms with E-state index in [-0.39, 0.29) is 53.8 Å². The first-order valence-corrected chi connectivity index (χ1v) is 15.2. The van der Waals surface area contributed by atoms with Crippen LogP contribution in [0.4, 0.5) is 28.0 Å². The Morgan fingerprint density at radius 3 is 2.48 bits per heavy atom. The summed E-state index contributed by atoms with van der Waals surface area (Å²) in [5, 5.41) is 0. The Morgan fingerprint density at radius 1 is 1.02 bits per heavy atom. The summed E-state index contributed by atoms with van der Waals surface area (Å²) in [6.07, 6.45) is -0.850. The number of fused-ring (bicyclic) bond motifs is 1. The monoisotopic (exact) mass is 642 g/mol. The Hall–Kier alpha value is -4.39. The summed E-state index contributed by atoms with van der Waals surface area (Å²) in [7, 11) is 1.39. The van der Waals surface area contributed by atoms with Gasteiger partial charge in [0.2, 0.25) is 0 Å². The molecule has 9 nitrogen and oxygen atoms in total. The van der Waals surface area contributed by atoms with Gasteiger partial charge >= 0.3 is 12.3 Å². The molecule has 4 heterocycles. The van der Waals surface area contributed by atoms with Crippen molar-refractivity contribution in [2.75, 3.05) is 38.2 Å². The van der Waals surface area contributed by atoms with Crippen molar-refractivity contribution in [2.24, 2.45) is 0 Å². The smallest absolute Gasteiger partial charge is 0.416 e. The highest BCUT2D eigenvalue weighted by Gasteiger charge is 2.36. The third kappa shape index (κ3) is 6.60. The molecule has 0 radical (unpaired) electrons. The van der Waals surface area contributed by atoms with Crippen LogP contribution in [0, 0.1) is 5.82 Å². The van der Waals surface area contributed by atoms with Gasteiger partial charge in [0, 0.05) is 62.8 Å². The second-order valence-corrected chi connectivity index (χ2v) is 11.7. The number of alkyl halides is 3. The van der Waals surface area contributed by atoms with Crippen molar-refractivity contribution in [3.8, 4) is 11.5 Å². The molecule has 0 unspecified atom stereocenters. The number of nitrogens with zero attached hydrogens (tertiary/aromatic N) is 4. The number of carbonyl (C=O) groups is 2. The van der Waals surface area contributed by atoms with E-state index in [9.17, 15) is 22.8 Å². The van der Waals surface area contributed by atoms with Crippen LogP contribution in [0.3, 0.4) is 0 Å². The van der Waals surface area contributed by atoms with Crippen LogP contribution in [0.15, 0.2) is 54.9 Å². The Labute approximate surface area is 263 Å². The highest BCUT2D eigenvalue weighted by atomic mass is 19.4. The van der Waals surface area contributed by atoms with E-state index in [2.05, 4.69) is 4.98 Å². The van der Waals surface area contributed by atoms with Gasteiger partial charge in [0.1, 0.15) is 18.5 Å². The Balaban J connectivity index is 1.06. The van der Waals surface area contributed by atoms with E-state index >= 15 is 4.39 Å². The standard InChI is InChI=1S/C33H34F4N4O5/c1-44-29-17-30(46-24-9-12-39(13-10-24)19-22-18-38-11-6-26(22)33(35,36)37)27(34)16-25(29)31(42)40-14-7-23(8-15-40)41-28-5-3-2-4-21(28)20-45-32(41)43/h2-6,11,16-18,23-24H,7-10,12-15,19-20H2,1H3. The molecule has 0 saturated carbocycles. The normalized spacial score (nSPS) is 18.2. The summed E-state index contributed by atoms with van der Waals surface area (Å²) in [4.78, 5) is 35.2. The van der Waals surface area contributed by atoms with Crippen molar-refractivity contribution in [3.05, 3.63) is 82.9 Å². The third-order valence-corrected chi connectivity index (χ3v) is 8.83. The van der Waals surface area contributed by atoms with Crippen molar-refractivity contribution >= 4 is 17.7 Å². The summed E-state index contributed by atoms with van der Waals surface area (Å²) in [5.74, 6) is -0.978. The molecule has 3 aromatic rings. The Bertz CT molecular complexity index is 1590. The molecule has 13 heteroatoms. The second-order valence-electron chi connectivity index (χ2n) is 11.7. The predicted molar refractivity (Wildman–Crippen MR) is 159 cm³/mol. The zero-order chi connectivity index (χ0) is 32.4. The fourth-order valence-corrected chi connectivity index (χ4v) is 6.42. The number of halogens is 4. The highest BCUT2D eigenvalue weighted by molar-refractivity contribution is 5.97. The number of benzene rings is 2. The van der Waals surface area contributed by atoms with Crippen molar-refractivity contribution in [2.45, 2.75) is 57.2 Å². The molecular formula is C33H34F4N4O5. The molecule has 0 spiro atoms. The molecule has 2 saturated heterocycles. The van der Waals surface area contributed by atoms with Crippen LogP contribution >= 0.6 is 0 Å². The number of pyridine rings is 1. The number of hydrogen-bond acceptors (Lipinski definition) is 7. The largest absolute Gasteiger partial charge is 0.496 e. The summed E-state index contributed by atoms with van der Waals surface area (Å²) >= 11 is 0. The second kappa shape index (κ2) is 13.1. The van der Waals surface area contributed by atoms with E-state index in [1.165, 1.54) is 19.4 Å². The van der Waals surface area contributed by atoms with Crippen LogP contribution < -0.4 is 14.4 Å². The lowest BCUT2D eigenvalue weighted by atomic mass is 10.00. The predicted octanol–water partition coefficient (Wildman–Crippen LogP) is 6.05. The van der Waals surface area contributed by atoms with Gasteiger partial charge in [0.25, 0.3) is 5.91 Å². The molecule has 0 N–H and O–H groups in total. The number of aromatic nitrogens is 1. The molecule has 0 atom stereocenters. The van der Waals surface area contributed by atoms with E-state index in [0.29, 0.717) is 51.9 Å². The van der Waals surface area contributed by atoms with Gasteiger partial charge in [-0.15, -0.1) is 0 Å². The SMILES string of the molecule is COc1cc(OC2CCN(Cc3cnccc3C(F)(F)F)CC2)c(F)cc1C(=O)N1CCC(N2C(=O)OCc3ccccc32)CC1.